The highest BCUT2D eigenvalue weighted by atomic mass is 35.5. The lowest BCUT2D eigenvalue weighted by molar-refractivity contribution is 0.487. The lowest BCUT2D eigenvalue weighted by atomic mass is 10.1. The number of hydrogen-bond donors (Lipinski definition) is 1. The van der Waals surface area contributed by atoms with Crippen molar-refractivity contribution in [1.82, 2.24) is 10.3 Å². The molecule has 1 aliphatic rings. The molecule has 0 aliphatic heterocycles. The van der Waals surface area contributed by atoms with E-state index < -0.39 is 0 Å². The molecule has 17 heavy (non-hydrogen) atoms. The Hall–Kier alpha value is -0.120. The summed E-state index contributed by atoms with van der Waals surface area (Å²) in [5, 5.41) is 6.99. The minimum absolute atomic E-state index is 0. The summed E-state index contributed by atoms with van der Waals surface area (Å²) in [6.07, 6.45) is 5.70. The van der Waals surface area contributed by atoms with E-state index >= 15 is 0 Å². The number of halogens is 1. The van der Waals surface area contributed by atoms with E-state index in [1.165, 1.54) is 42.9 Å². The molecular formula is C13H23ClN2S. The Morgan fingerprint density at radius 2 is 2.12 bits per heavy atom. The van der Waals surface area contributed by atoms with Crippen molar-refractivity contribution in [2.75, 3.05) is 6.54 Å². The summed E-state index contributed by atoms with van der Waals surface area (Å²) in [5.41, 5.74) is 1.21. The Labute approximate surface area is 115 Å². The molecule has 0 spiro atoms. The summed E-state index contributed by atoms with van der Waals surface area (Å²) in [7, 11) is 0. The van der Waals surface area contributed by atoms with Crippen LogP contribution in [0.3, 0.4) is 0 Å². The monoisotopic (exact) mass is 274 g/mol. The van der Waals surface area contributed by atoms with Crippen LogP contribution in [-0.2, 0) is 6.54 Å². The molecule has 0 bridgehead atoms. The molecule has 0 saturated heterocycles. The van der Waals surface area contributed by atoms with Gasteiger partial charge in [0.15, 0.2) is 0 Å². The second-order valence-corrected chi connectivity index (χ2v) is 6.00. The van der Waals surface area contributed by atoms with Gasteiger partial charge in [0.05, 0.1) is 10.7 Å². The summed E-state index contributed by atoms with van der Waals surface area (Å²) >= 11 is 1.79. The molecule has 1 fully saturated rings. The van der Waals surface area contributed by atoms with Crippen molar-refractivity contribution in [3.05, 3.63) is 16.1 Å². The first kappa shape index (κ1) is 14.9. The average Bonchev–Trinajstić information content (AvgIpc) is 2.87. The van der Waals surface area contributed by atoms with Crippen molar-refractivity contribution in [3.63, 3.8) is 0 Å². The van der Waals surface area contributed by atoms with E-state index in [-0.39, 0.29) is 12.4 Å². The van der Waals surface area contributed by atoms with Gasteiger partial charge in [-0.15, -0.1) is 23.7 Å². The molecule has 0 aromatic carbocycles. The maximum absolute atomic E-state index is 4.63. The van der Waals surface area contributed by atoms with Crippen LogP contribution in [0.15, 0.2) is 5.38 Å². The van der Waals surface area contributed by atoms with Crippen molar-refractivity contribution < 1.29 is 0 Å². The molecule has 1 N–H and O–H groups in total. The van der Waals surface area contributed by atoms with Crippen molar-refractivity contribution in [3.8, 4) is 0 Å². The molecule has 0 radical (unpaired) electrons. The molecule has 2 nitrogen and oxygen atoms in total. The predicted octanol–water partition coefficient (Wildman–Crippen LogP) is 3.97. The van der Waals surface area contributed by atoms with Crippen LogP contribution in [0.2, 0.25) is 0 Å². The number of rotatable bonds is 5. The van der Waals surface area contributed by atoms with Crippen LogP contribution in [0.5, 0.6) is 0 Å². The summed E-state index contributed by atoms with van der Waals surface area (Å²) in [6.45, 7) is 6.53. The second kappa shape index (κ2) is 7.34. The number of thiazole rings is 1. The van der Waals surface area contributed by atoms with Gasteiger partial charge in [-0.3, -0.25) is 0 Å². The number of nitrogens with one attached hydrogen (secondary N) is 1. The molecule has 1 aromatic heterocycles. The zero-order chi connectivity index (χ0) is 11.4. The third-order valence-electron chi connectivity index (χ3n) is 3.28. The van der Waals surface area contributed by atoms with Crippen molar-refractivity contribution >= 4 is 23.7 Å². The minimum Gasteiger partial charge on any atom is -0.311 e. The minimum atomic E-state index is 0. The van der Waals surface area contributed by atoms with Gasteiger partial charge in [-0.05, 0) is 25.3 Å². The van der Waals surface area contributed by atoms with Crippen LogP contribution in [0.4, 0.5) is 0 Å². The summed E-state index contributed by atoms with van der Waals surface area (Å²) < 4.78 is 0. The van der Waals surface area contributed by atoms with Gasteiger partial charge in [-0.2, -0.15) is 0 Å². The largest absolute Gasteiger partial charge is 0.311 e. The van der Waals surface area contributed by atoms with Crippen molar-refractivity contribution in [2.45, 2.75) is 52.0 Å². The molecule has 4 heteroatoms. The SMILES string of the molecule is CC(C)c1nc(CNCC2CCCC2)cs1.Cl. The maximum atomic E-state index is 4.63. The molecule has 0 amide bonds. The summed E-state index contributed by atoms with van der Waals surface area (Å²) in [5.74, 6) is 1.48. The molecule has 0 atom stereocenters. The molecule has 0 unspecified atom stereocenters. The van der Waals surface area contributed by atoms with E-state index in [0.717, 1.165) is 12.5 Å². The molecule has 1 aliphatic carbocycles. The molecule has 1 saturated carbocycles. The summed E-state index contributed by atoms with van der Waals surface area (Å²) in [6, 6.07) is 0. The van der Waals surface area contributed by atoms with Gasteiger partial charge in [-0.1, -0.05) is 26.7 Å². The first-order valence-electron chi connectivity index (χ1n) is 6.40. The summed E-state index contributed by atoms with van der Waals surface area (Å²) in [4.78, 5) is 4.63. The van der Waals surface area contributed by atoms with Gasteiger partial charge < -0.3 is 5.32 Å². The Morgan fingerprint density at radius 1 is 1.41 bits per heavy atom. The highest BCUT2D eigenvalue weighted by Gasteiger charge is 2.14. The van der Waals surface area contributed by atoms with E-state index in [2.05, 4.69) is 29.5 Å². The van der Waals surface area contributed by atoms with Crippen LogP contribution in [0, 0.1) is 5.92 Å². The Kier molecular flexibility index (Phi) is 6.45. The third kappa shape index (κ3) is 4.57. The van der Waals surface area contributed by atoms with Crippen molar-refractivity contribution in [2.24, 2.45) is 5.92 Å². The van der Waals surface area contributed by atoms with Gasteiger partial charge in [-0.25, -0.2) is 4.98 Å². The fraction of sp³-hybridized carbons (Fsp3) is 0.769. The second-order valence-electron chi connectivity index (χ2n) is 5.11. The topological polar surface area (TPSA) is 24.9 Å². The van der Waals surface area contributed by atoms with E-state index in [1.807, 2.05) is 0 Å². The molecule has 1 aromatic rings. The normalized spacial score (nSPS) is 16.4. The quantitative estimate of drug-likeness (QED) is 0.879. The van der Waals surface area contributed by atoms with Gasteiger partial charge in [0.25, 0.3) is 0 Å². The fourth-order valence-electron chi connectivity index (χ4n) is 2.29. The lowest BCUT2D eigenvalue weighted by Gasteiger charge is -2.09. The molecule has 1 heterocycles. The van der Waals surface area contributed by atoms with Gasteiger partial charge in [0, 0.05) is 17.8 Å². The van der Waals surface area contributed by atoms with Crippen LogP contribution in [0.25, 0.3) is 0 Å². The zero-order valence-electron chi connectivity index (χ0n) is 10.7. The smallest absolute Gasteiger partial charge is 0.0954 e. The first-order valence-corrected chi connectivity index (χ1v) is 7.28. The Morgan fingerprint density at radius 3 is 2.71 bits per heavy atom. The fourth-order valence-corrected chi connectivity index (χ4v) is 3.12. The van der Waals surface area contributed by atoms with Crippen LogP contribution < -0.4 is 5.32 Å². The van der Waals surface area contributed by atoms with Gasteiger partial charge >= 0.3 is 0 Å². The van der Waals surface area contributed by atoms with Crippen molar-refractivity contribution in [1.29, 1.82) is 0 Å². The highest BCUT2D eigenvalue weighted by Crippen LogP contribution is 2.24. The molecule has 2 rings (SSSR count). The first-order chi connectivity index (χ1) is 7.75. The number of hydrogen-bond acceptors (Lipinski definition) is 3. The van der Waals surface area contributed by atoms with Crippen LogP contribution >= 0.6 is 23.7 Å². The maximum Gasteiger partial charge on any atom is 0.0954 e. The van der Waals surface area contributed by atoms with E-state index in [9.17, 15) is 0 Å². The highest BCUT2D eigenvalue weighted by molar-refractivity contribution is 7.09. The average molecular weight is 275 g/mol. The lowest BCUT2D eigenvalue weighted by Crippen LogP contribution is -2.20. The van der Waals surface area contributed by atoms with Gasteiger partial charge in [0.2, 0.25) is 0 Å². The van der Waals surface area contributed by atoms with E-state index in [4.69, 9.17) is 0 Å². The standard InChI is InChI=1S/C13H22N2S.ClH/c1-10(2)13-15-12(9-16-13)8-14-7-11-5-3-4-6-11;/h9-11,14H,3-8H2,1-2H3;1H. The molecular weight excluding hydrogens is 252 g/mol. The predicted molar refractivity (Wildman–Crippen MR) is 77.1 cm³/mol. The molecule has 98 valence electrons. The van der Waals surface area contributed by atoms with Crippen LogP contribution in [0.1, 0.15) is 56.2 Å². The zero-order valence-corrected chi connectivity index (χ0v) is 12.4. The number of aromatic nitrogens is 1. The van der Waals surface area contributed by atoms with Gasteiger partial charge in [0.1, 0.15) is 0 Å². The van der Waals surface area contributed by atoms with E-state index in [0.29, 0.717) is 5.92 Å². The third-order valence-corrected chi connectivity index (χ3v) is 4.47. The Bertz CT molecular complexity index is 319. The van der Waals surface area contributed by atoms with Crippen LogP contribution in [-0.4, -0.2) is 11.5 Å². The number of nitrogens with zero attached hydrogens (tertiary/aromatic N) is 1. The van der Waals surface area contributed by atoms with E-state index in [1.54, 1.807) is 11.3 Å². The Balaban J connectivity index is 0.00000144.